The van der Waals surface area contributed by atoms with Crippen LogP contribution in [-0.4, -0.2) is 65.7 Å². The SMILES string of the molecule is N=C(NCC(=O)N1CC2(C[C@H]1C(=O)O)NCCO2)c1ccc2c(c1)-c1ccccc1C2. The van der Waals surface area contributed by atoms with Crippen LogP contribution in [0.5, 0.6) is 0 Å². The van der Waals surface area contributed by atoms with E-state index in [4.69, 9.17) is 10.1 Å². The molecule has 0 saturated carbocycles. The van der Waals surface area contributed by atoms with Crippen molar-refractivity contribution < 1.29 is 19.4 Å². The Hall–Kier alpha value is -3.23. The fourth-order valence-corrected chi connectivity index (χ4v) is 4.81. The molecule has 0 aromatic heterocycles. The molecule has 0 bridgehead atoms. The summed E-state index contributed by atoms with van der Waals surface area (Å²) in [6.45, 7) is 1.18. The number of fused-ring (bicyclic) bond motifs is 3. The topological polar surface area (TPSA) is 115 Å². The Balaban J connectivity index is 1.27. The first-order chi connectivity index (χ1) is 15.0. The summed E-state index contributed by atoms with van der Waals surface area (Å²) in [4.78, 5) is 25.8. The third-order valence-corrected chi connectivity index (χ3v) is 6.36. The predicted octanol–water partition coefficient (Wildman–Crippen LogP) is 1.17. The van der Waals surface area contributed by atoms with Crippen LogP contribution in [0.25, 0.3) is 11.1 Å². The number of carboxylic acids is 1. The van der Waals surface area contributed by atoms with Crippen molar-refractivity contribution in [2.45, 2.75) is 24.6 Å². The van der Waals surface area contributed by atoms with Crippen molar-refractivity contribution in [1.82, 2.24) is 15.5 Å². The number of likely N-dealkylation sites (tertiary alicyclic amines) is 1. The van der Waals surface area contributed by atoms with Gasteiger partial charge in [-0.1, -0.05) is 36.4 Å². The molecule has 4 N–H and O–H groups in total. The average molecular weight is 420 g/mol. The molecule has 2 aliphatic heterocycles. The van der Waals surface area contributed by atoms with Crippen molar-refractivity contribution >= 4 is 17.7 Å². The molecular formula is C23H24N4O4. The summed E-state index contributed by atoms with van der Waals surface area (Å²) < 4.78 is 5.70. The van der Waals surface area contributed by atoms with Gasteiger partial charge in [-0.2, -0.15) is 0 Å². The van der Waals surface area contributed by atoms with Gasteiger partial charge in [0.2, 0.25) is 5.91 Å². The Bertz CT molecular complexity index is 1080. The van der Waals surface area contributed by atoms with E-state index < -0.39 is 17.7 Å². The molecule has 1 aliphatic carbocycles. The number of hydrogen-bond acceptors (Lipinski definition) is 5. The van der Waals surface area contributed by atoms with Crippen LogP contribution in [0.2, 0.25) is 0 Å². The molecule has 8 nitrogen and oxygen atoms in total. The van der Waals surface area contributed by atoms with E-state index in [1.807, 2.05) is 30.3 Å². The number of nitrogens with one attached hydrogen (secondary N) is 3. The molecule has 2 heterocycles. The van der Waals surface area contributed by atoms with Gasteiger partial charge >= 0.3 is 5.97 Å². The van der Waals surface area contributed by atoms with Crippen LogP contribution in [0.3, 0.4) is 0 Å². The van der Waals surface area contributed by atoms with Gasteiger partial charge in [0.1, 0.15) is 17.6 Å². The molecule has 2 fully saturated rings. The lowest BCUT2D eigenvalue weighted by molar-refractivity contribution is -0.147. The Morgan fingerprint density at radius 3 is 2.81 bits per heavy atom. The number of amidine groups is 1. The van der Waals surface area contributed by atoms with E-state index in [9.17, 15) is 14.7 Å². The van der Waals surface area contributed by atoms with Crippen molar-refractivity contribution in [3.8, 4) is 11.1 Å². The summed E-state index contributed by atoms with van der Waals surface area (Å²) >= 11 is 0. The Morgan fingerprint density at radius 1 is 1.23 bits per heavy atom. The summed E-state index contributed by atoms with van der Waals surface area (Å²) in [5.41, 5.74) is 4.71. The zero-order valence-electron chi connectivity index (χ0n) is 17.0. The number of carboxylic acid groups (broad SMARTS) is 1. The molecule has 0 radical (unpaired) electrons. The number of carbonyl (C=O) groups excluding carboxylic acids is 1. The lowest BCUT2D eigenvalue weighted by Gasteiger charge is -2.24. The number of benzene rings is 2. The van der Waals surface area contributed by atoms with Crippen LogP contribution in [0.4, 0.5) is 0 Å². The van der Waals surface area contributed by atoms with Crippen LogP contribution in [0, 0.1) is 5.41 Å². The minimum Gasteiger partial charge on any atom is -0.480 e. The second-order valence-corrected chi connectivity index (χ2v) is 8.28. The molecule has 5 rings (SSSR count). The van der Waals surface area contributed by atoms with Gasteiger partial charge in [-0.05, 0) is 34.7 Å². The zero-order valence-corrected chi connectivity index (χ0v) is 17.0. The van der Waals surface area contributed by atoms with E-state index in [0.717, 1.165) is 12.0 Å². The summed E-state index contributed by atoms with van der Waals surface area (Å²) in [6.07, 6.45) is 1.10. The van der Waals surface area contributed by atoms with Crippen LogP contribution >= 0.6 is 0 Å². The van der Waals surface area contributed by atoms with Crippen molar-refractivity contribution in [3.05, 3.63) is 59.2 Å². The van der Waals surface area contributed by atoms with Crippen molar-refractivity contribution in [2.75, 3.05) is 26.2 Å². The molecule has 2 aromatic carbocycles. The Labute approximate surface area is 179 Å². The maximum Gasteiger partial charge on any atom is 0.326 e. The summed E-state index contributed by atoms with van der Waals surface area (Å²) in [5, 5.41) is 24.0. The highest BCUT2D eigenvalue weighted by Gasteiger charge is 2.51. The number of hydrogen-bond donors (Lipinski definition) is 4. The molecule has 31 heavy (non-hydrogen) atoms. The van der Waals surface area contributed by atoms with E-state index in [-0.39, 0.29) is 31.3 Å². The number of aliphatic carboxylic acids is 1. The smallest absolute Gasteiger partial charge is 0.326 e. The third-order valence-electron chi connectivity index (χ3n) is 6.36. The minimum atomic E-state index is -1.05. The fourth-order valence-electron chi connectivity index (χ4n) is 4.81. The average Bonchev–Trinajstić information content (AvgIpc) is 3.48. The summed E-state index contributed by atoms with van der Waals surface area (Å²) in [7, 11) is 0. The van der Waals surface area contributed by atoms with E-state index in [1.165, 1.54) is 21.6 Å². The van der Waals surface area contributed by atoms with Gasteiger partial charge in [0.25, 0.3) is 0 Å². The highest BCUT2D eigenvalue weighted by Crippen LogP contribution is 2.36. The maximum atomic E-state index is 12.8. The third kappa shape index (κ3) is 3.47. The number of ether oxygens (including phenoxy) is 1. The molecule has 1 unspecified atom stereocenters. The van der Waals surface area contributed by atoms with Crippen molar-refractivity contribution in [2.24, 2.45) is 0 Å². The standard InChI is InChI=1S/C23H24N4O4/c24-21(16-6-5-15-9-14-3-1-2-4-17(14)18(15)10-16)25-12-20(28)27-13-23(26-7-8-31-23)11-19(27)22(29)30/h1-6,10,19,26H,7-9,11-13H2,(H2,24,25)(H,29,30)/t19-,23?/m0/s1. The van der Waals surface area contributed by atoms with Gasteiger partial charge < -0.3 is 20.1 Å². The molecule has 2 aromatic rings. The van der Waals surface area contributed by atoms with Crippen LogP contribution in [0.15, 0.2) is 42.5 Å². The van der Waals surface area contributed by atoms with Gasteiger partial charge in [0.05, 0.1) is 19.7 Å². The molecular weight excluding hydrogens is 396 g/mol. The lowest BCUT2D eigenvalue weighted by atomic mass is 10.0. The highest BCUT2D eigenvalue weighted by molar-refractivity contribution is 6.00. The summed E-state index contributed by atoms with van der Waals surface area (Å²) in [6, 6.07) is 13.2. The second kappa shape index (κ2) is 7.47. The van der Waals surface area contributed by atoms with Gasteiger partial charge in [-0.15, -0.1) is 0 Å². The van der Waals surface area contributed by atoms with E-state index in [2.05, 4.69) is 22.8 Å². The normalized spacial score (nSPS) is 23.6. The Morgan fingerprint density at radius 2 is 2.03 bits per heavy atom. The molecule has 2 atom stereocenters. The second-order valence-electron chi connectivity index (χ2n) is 8.28. The molecule has 160 valence electrons. The largest absolute Gasteiger partial charge is 0.480 e. The molecule has 3 aliphatic rings. The molecule has 2 saturated heterocycles. The molecule has 1 spiro atoms. The lowest BCUT2D eigenvalue weighted by Crippen LogP contribution is -2.48. The van der Waals surface area contributed by atoms with E-state index in [1.54, 1.807) is 0 Å². The number of amides is 1. The monoisotopic (exact) mass is 420 g/mol. The van der Waals surface area contributed by atoms with Crippen LogP contribution in [-0.2, 0) is 20.7 Å². The Kier molecular flexibility index (Phi) is 4.75. The first-order valence-corrected chi connectivity index (χ1v) is 10.4. The van der Waals surface area contributed by atoms with E-state index in [0.29, 0.717) is 18.7 Å². The van der Waals surface area contributed by atoms with Crippen LogP contribution < -0.4 is 10.6 Å². The first-order valence-electron chi connectivity index (χ1n) is 10.4. The van der Waals surface area contributed by atoms with Gasteiger partial charge in [0, 0.05) is 18.5 Å². The number of nitrogens with zero attached hydrogens (tertiary/aromatic N) is 1. The molecule has 1 amide bonds. The quantitative estimate of drug-likeness (QED) is 0.372. The van der Waals surface area contributed by atoms with Gasteiger partial charge in [-0.3, -0.25) is 15.5 Å². The summed E-state index contributed by atoms with van der Waals surface area (Å²) in [5.74, 6) is -1.27. The fraction of sp³-hybridized carbons (Fsp3) is 0.348. The van der Waals surface area contributed by atoms with E-state index >= 15 is 0 Å². The number of carbonyl (C=O) groups is 2. The number of rotatable bonds is 4. The minimum absolute atomic E-state index is 0.136. The van der Waals surface area contributed by atoms with Crippen LogP contribution in [0.1, 0.15) is 23.1 Å². The first kappa shape index (κ1) is 19.7. The molecule has 8 heteroatoms. The maximum absolute atomic E-state index is 12.8. The highest BCUT2D eigenvalue weighted by atomic mass is 16.5. The van der Waals surface area contributed by atoms with Crippen molar-refractivity contribution in [1.29, 1.82) is 5.41 Å². The van der Waals surface area contributed by atoms with Crippen molar-refractivity contribution in [3.63, 3.8) is 0 Å². The van der Waals surface area contributed by atoms with Gasteiger partial charge in [-0.25, -0.2) is 4.79 Å². The zero-order chi connectivity index (χ0) is 21.6. The predicted molar refractivity (Wildman–Crippen MR) is 114 cm³/mol. The van der Waals surface area contributed by atoms with Gasteiger partial charge in [0.15, 0.2) is 0 Å².